The highest BCUT2D eigenvalue weighted by Gasteiger charge is 2.17. The molecule has 0 spiro atoms. The number of nitrogen functional groups attached to an aromatic ring is 1. The smallest absolute Gasteiger partial charge is 0.268 e. The molecule has 13 heavy (non-hydrogen) atoms. The fourth-order valence-electron chi connectivity index (χ4n) is 0.816. The number of anilines is 1. The number of nitriles is 1. The van der Waals surface area contributed by atoms with Crippen molar-refractivity contribution in [1.82, 2.24) is 4.98 Å². The molecule has 0 amide bonds. The van der Waals surface area contributed by atoms with E-state index in [0.717, 1.165) is 6.07 Å². The van der Waals surface area contributed by atoms with Gasteiger partial charge < -0.3 is 5.73 Å². The zero-order chi connectivity index (χ0) is 10.0. The van der Waals surface area contributed by atoms with Crippen LogP contribution in [0.15, 0.2) is 6.07 Å². The largest absolute Gasteiger partial charge is 0.383 e. The topological polar surface area (TPSA) is 62.7 Å². The van der Waals surface area contributed by atoms with E-state index in [0.29, 0.717) is 0 Å². The van der Waals surface area contributed by atoms with Gasteiger partial charge >= 0.3 is 0 Å². The molecule has 0 radical (unpaired) electrons. The summed E-state index contributed by atoms with van der Waals surface area (Å²) in [5, 5.41) is 8.16. The van der Waals surface area contributed by atoms with E-state index in [1.165, 1.54) is 0 Å². The van der Waals surface area contributed by atoms with E-state index in [-0.39, 0.29) is 10.7 Å². The summed E-state index contributed by atoms with van der Waals surface area (Å²) in [5.74, 6) is -0.404. The molecule has 1 aromatic heterocycles. The van der Waals surface area contributed by atoms with Crippen molar-refractivity contribution in [2.45, 2.75) is 6.43 Å². The molecule has 0 fully saturated rings. The van der Waals surface area contributed by atoms with Gasteiger partial charge in [-0.3, -0.25) is 0 Å². The molecule has 0 aliphatic heterocycles. The van der Waals surface area contributed by atoms with Crippen molar-refractivity contribution < 1.29 is 8.78 Å². The maximum atomic E-state index is 12.2. The summed E-state index contributed by atoms with van der Waals surface area (Å²) in [7, 11) is 0. The van der Waals surface area contributed by atoms with Crippen molar-refractivity contribution >= 4 is 17.4 Å². The number of alkyl halides is 2. The van der Waals surface area contributed by atoms with Crippen LogP contribution in [0, 0.1) is 11.3 Å². The highest BCUT2D eigenvalue weighted by atomic mass is 35.5. The van der Waals surface area contributed by atoms with Gasteiger partial charge in [-0.2, -0.15) is 5.26 Å². The number of hydrogen-bond acceptors (Lipinski definition) is 3. The van der Waals surface area contributed by atoms with E-state index in [4.69, 9.17) is 22.6 Å². The Hall–Kier alpha value is -1.41. The van der Waals surface area contributed by atoms with E-state index >= 15 is 0 Å². The molecule has 1 aromatic rings. The summed E-state index contributed by atoms with van der Waals surface area (Å²) in [5.41, 5.74) is 4.57. The fraction of sp³-hybridized carbons (Fsp3) is 0.143. The minimum Gasteiger partial charge on any atom is -0.383 e. The summed E-state index contributed by atoms with van der Waals surface area (Å²) >= 11 is 5.46. The Morgan fingerprint density at radius 2 is 2.23 bits per heavy atom. The molecule has 0 unspecified atom stereocenters. The Kier molecular flexibility index (Phi) is 2.63. The first kappa shape index (κ1) is 9.68. The summed E-state index contributed by atoms with van der Waals surface area (Å²) < 4.78 is 24.5. The van der Waals surface area contributed by atoms with Gasteiger partial charge in [0.1, 0.15) is 17.6 Å². The minimum atomic E-state index is -2.78. The molecule has 6 heteroatoms. The number of nitrogens with zero attached hydrogens (tertiary/aromatic N) is 2. The Balaban J connectivity index is 3.33. The number of nitrogens with two attached hydrogens (primary N) is 1. The molecule has 3 nitrogen and oxygen atoms in total. The van der Waals surface area contributed by atoms with Crippen LogP contribution in [0.1, 0.15) is 17.7 Å². The third-order valence-corrected chi connectivity index (χ3v) is 1.68. The van der Waals surface area contributed by atoms with Gasteiger partial charge in [0.05, 0.1) is 10.6 Å². The van der Waals surface area contributed by atoms with Gasteiger partial charge in [-0.1, -0.05) is 11.6 Å². The van der Waals surface area contributed by atoms with Gasteiger partial charge in [-0.05, 0) is 6.07 Å². The number of hydrogen-bond donors (Lipinski definition) is 1. The number of halogens is 3. The van der Waals surface area contributed by atoms with E-state index in [2.05, 4.69) is 4.98 Å². The SMILES string of the molecule is N#Cc1cc(Cl)c(C(F)F)c(N)n1. The van der Waals surface area contributed by atoms with Crippen molar-refractivity contribution in [3.05, 3.63) is 22.3 Å². The van der Waals surface area contributed by atoms with Gasteiger partial charge in [-0.15, -0.1) is 0 Å². The lowest BCUT2D eigenvalue weighted by Crippen LogP contribution is -2.01. The predicted molar refractivity (Wildman–Crippen MR) is 43.3 cm³/mol. The second-order valence-electron chi connectivity index (χ2n) is 2.20. The first-order valence-corrected chi connectivity index (χ1v) is 3.58. The highest BCUT2D eigenvalue weighted by Crippen LogP contribution is 2.31. The number of pyridine rings is 1. The maximum absolute atomic E-state index is 12.2. The van der Waals surface area contributed by atoms with Crippen LogP contribution in [0.25, 0.3) is 0 Å². The molecule has 0 aliphatic rings. The van der Waals surface area contributed by atoms with Gasteiger partial charge in [0.25, 0.3) is 6.43 Å². The van der Waals surface area contributed by atoms with Crippen molar-refractivity contribution in [1.29, 1.82) is 5.26 Å². The van der Waals surface area contributed by atoms with Crippen LogP contribution >= 0.6 is 11.6 Å². The van der Waals surface area contributed by atoms with Gasteiger partial charge in [0.15, 0.2) is 0 Å². The lowest BCUT2D eigenvalue weighted by Gasteiger charge is -2.05. The predicted octanol–water partition coefficient (Wildman–Crippen LogP) is 2.13. The summed E-state index contributed by atoms with van der Waals surface area (Å²) in [6.07, 6.45) is -2.78. The summed E-state index contributed by atoms with van der Waals surface area (Å²) in [6, 6.07) is 2.71. The Morgan fingerprint density at radius 3 is 2.62 bits per heavy atom. The zero-order valence-corrected chi connectivity index (χ0v) is 7.02. The average Bonchev–Trinajstić information content (AvgIpc) is 2.02. The van der Waals surface area contributed by atoms with Gasteiger partial charge in [-0.25, -0.2) is 13.8 Å². The molecule has 0 saturated heterocycles. The quantitative estimate of drug-likeness (QED) is 0.761. The number of aromatic nitrogens is 1. The molecule has 0 bridgehead atoms. The molecule has 0 atom stereocenters. The molecule has 0 aliphatic carbocycles. The van der Waals surface area contributed by atoms with Crippen LogP contribution in [0.5, 0.6) is 0 Å². The third-order valence-electron chi connectivity index (χ3n) is 1.37. The maximum Gasteiger partial charge on any atom is 0.268 e. The van der Waals surface area contributed by atoms with E-state index < -0.39 is 17.8 Å². The van der Waals surface area contributed by atoms with Crippen LogP contribution < -0.4 is 5.73 Å². The van der Waals surface area contributed by atoms with E-state index in [9.17, 15) is 8.78 Å². The van der Waals surface area contributed by atoms with Crippen molar-refractivity contribution in [2.24, 2.45) is 0 Å². The van der Waals surface area contributed by atoms with Crippen molar-refractivity contribution in [3.8, 4) is 6.07 Å². The van der Waals surface area contributed by atoms with E-state index in [1.54, 1.807) is 6.07 Å². The third kappa shape index (κ3) is 1.84. The molecule has 1 heterocycles. The highest BCUT2D eigenvalue weighted by molar-refractivity contribution is 6.31. The molecule has 0 aromatic carbocycles. The molecule has 1 rings (SSSR count). The standard InChI is InChI=1S/C7H4ClF2N3/c8-4-1-3(2-11)13-7(12)5(4)6(9)10/h1,6H,(H2,12,13). The summed E-state index contributed by atoms with van der Waals surface area (Å²) in [6.45, 7) is 0. The molecular weight excluding hydrogens is 200 g/mol. The Bertz CT molecular complexity index is 349. The molecular formula is C7H4ClF2N3. The monoisotopic (exact) mass is 203 g/mol. The van der Waals surface area contributed by atoms with Gasteiger partial charge in [0, 0.05) is 0 Å². The molecule has 68 valence electrons. The minimum absolute atomic E-state index is 0.0769. The fourth-order valence-corrected chi connectivity index (χ4v) is 1.10. The average molecular weight is 204 g/mol. The Labute approximate surface area is 77.7 Å². The first-order valence-electron chi connectivity index (χ1n) is 3.20. The van der Waals surface area contributed by atoms with Crippen LogP contribution in [-0.4, -0.2) is 4.98 Å². The van der Waals surface area contributed by atoms with Crippen LogP contribution in [0.2, 0.25) is 5.02 Å². The lowest BCUT2D eigenvalue weighted by molar-refractivity contribution is 0.152. The van der Waals surface area contributed by atoms with Crippen molar-refractivity contribution in [2.75, 3.05) is 5.73 Å². The Morgan fingerprint density at radius 1 is 1.62 bits per heavy atom. The van der Waals surface area contributed by atoms with Crippen LogP contribution in [0.3, 0.4) is 0 Å². The second kappa shape index (κ2) is 3.54. The van der Waals surface area contributed by atoms with Gasteiger partial charge in [0.2, 0.25) is 0 Å². The second-order valence-corrected chi connectivity index (χ2v) is 2.61. The summed E-state index contributed by atoms with van der Waals surface area (Å²) in [4.78, 5) is 3.43. The van der Waals surface area contributed by atoms with E-state index in [1.807, 2.05) is 0 Å². The van der Waals surface area contributed by atoms with Crippen LogP contribution in [0.4, 0.5) is 14.6 Å². The molecule has 0 saturated carbocycles. The van der Waals surface area contributed by atoms with Crippen molar-refractivity contribution in [3.63, 3.8) is 0 Å². The first-order chi connectivity index (χ1) is 6.06. The number of rotatable bonds is 1. The normalized spacial score (nSPS) is 10.1. The zero-order valence-electron chi connectivity index (χ0n) is 6.26. The van der Waals surface area contributed by atoms with Crippen LogP contribution in [-0.2, 0) is 0 Å². The molecule has 2 N–H and O–H groups in total. The lowest BCUT2D eigenvalue weighted by atomic mass is 10.2.